The summed E-state index contributed by atoms with van der Waals surface area (Å²) < 4.78 is 0. The molecule has 5 heteroatoms. The van der Waals surface area contributed by atoms with Gasteiger partial charge in [-0.1, -0.05) is 20.8 Å². The monoisotopic (exact) mass is 259 g/mol. The third-order valence-corrected chi connectivity index (χ3v) is 2.90. The Kier molecular flexibility index (Phi) is 3.64. The fourth-order valence-electron chi connectivity index (χ4n) is 2.00. The van der Waals surface area contributed by atoms with Gasteiger partial charge in [0, 0.05) is 29.6 Å². The van der Waals surface area contributed by atoms with Crippen LogP contribution < -0.4 is 0 Å². The summed E-state index contributed by atoms with van der Waals surface area (Å²) in [5, 5.41) is 9.62. The third kappa shape index (κ3) is 2.65. The SMILES string of the molecule is CCc1nc(C(C)C)c2c(/C=C/C(=O)O)c[nH]c2n1. The van der Waals surface area contributed by atoms with Crippen LogP contribution >= 0.6 is 0 Å². The van der Waals surface area contributed by atoms with E-state index in [-0.39, 0.29) is 5.92 Å². The van der Waals surface area contributed by atoms with Crippen molar-refractivity contribution in [2.24, 2.45) is 0 Å². The first-order valence-electron chi connectivity index (χ1n) is 6.31. The van der Waals surface area contributed by atoms with Crippen molar-refractivity contribution in [1.29, 1.82) is 0 Å². The number of aromatic nitrogens is 3. The molecule has 100 valence electrons. The average molecular weight is 259 g/mol. The fourth-order valence-corrected chi connectivity index (χ4v) is 2.00. The van der Waals surface area contributed by atoms with Crippen LogP contribution in [0.1, 0.15) is 43.8 Å². The number of nitrogens with one attached hydrogen (secondary N) is 1. The van der Waals surface area contributed by atoms with Gasteiger partial charge in [-0.2, -0.15) is 0 Å². The smallest absolute Gasteiger partial charge is 0.328 e. The zero-order chi connectivity index (χ0) is 14.0. The molecule has 0 saturated heterocycles. The van der Waals surface area contributed by atoms with Crippen LogP contribution in [0.4, 0.5) is 0 Å². The standard InChI is InChI=1S/C14H17N3O2/c1-4-10-16-13(8(2)3)12-9(5-6-11(18)19)7-15-14(12)17-10/h5-8H,4H2,1-3H3,(H,18,19)(H,15,16,17)/b6-5+. The second kappa shape index (κ2) is 5.22. The van der Waals surface area contributed by atoms with E-state index in [1.807, 2.05) is 6.92 Å². The Morgan fingerprint density at radius 1 is 1.47 bits per heavy atom. The maximum absolute atomic E-state index is 10.6. The quantitative estimate of drug-likeness (QED) is 0.827. The van der Waals surface area contributed by atoms with Gasteiger partial charge in [0.1, 0.15) is 11.5 Å². The Balaban J connectivity index is 2.65. The molecule has 5 nitrogen and oxygen atoms in total. The highest BCUT2D eigenvalue weighted by atomic mass is 16.4. The van der Waals surface area contributed by atoms with Gasteiger partial charge in [0.15, 0.2) is 0 Å². The molecule has 2 aromatic heterocycles. The molecule has 2 rings (SSSR count). The summed E-state index contributed by atoms with van der Waals surface area (Å²) in [7, 11) is 0. The number of fused-ring (bicyclic) bond motifs is 1. The summed E-state index contributed by atoms with van der Waals surface area (Å²) in [4.78, 5) is 22.7. The predicted molar refractivity (Wildman–Crippen MR) is 74.0 cm³/mol. The number of nitrogens with zero attached hydrogens (tertiary/aromatic N) is 2. The molecule has 0 spiro atoms. The van der Waals surface area contributed by atoms with E-state index in [1.54, 1.807) is 12.3 Å². The first-order chi connectivity index (χ1) is 9.02. The second-order valence-electron chi connectivity index (χ2n) is 4.67. The molecule has 0 aliphatic carbocycles. The van der Waals surface area contributed by atoms with Gasteiger partial charge >= 0.3 is 5.97 Å². The Labute approximate surface area is 111 Å². The highest BCUT2D eigenvalue weighted by Gasteiger charge is 2.14. The Hall–Kier alpha value is -2.17. The second-order valence-corrected chi connectivity index (χ2v) is 4.67. The van der Waals surface area contributed by atoms with Gasteiger partial charge in [0.2, 0.25) is 0 Å². The van der Waals surface area contributed by atoms with Gasteiger partial charge in [-0.3, -0.25) is 0 Å². The van der Waals surface area contributed by atoms with Crippen molar-refractivity contribution in [2.75, 3.05) is 0 Å². The third-order valence-electron chi connectivity index (χ3n) is 2.90. The highest BCUT2D eigenvalue weighted by molar-refractivity contribution is 5.93. The van der Waals surface area contributed by atoms with Crippen LogP contribution in [0.5, 0.6) is 0 Å². The molecule has 0 atom stereocenters. The van der Waals surface area contributed by atoms with Crippen molar-refractivity contribution in [3.05, 3.63) is 29.4 Å². The topological polar surface area (TPSA) is 78.9 Å². The van der Waals surface area contributed by atoms with Gasteiger partial charge in [-0.05, 0) is 12.0 Å². The van der Waals surface area contributed by atoms with Crippen LogP contribution in [0, 0.1) is 0 Å². The minimum Gasteiger partial charge on any atom is -0.478 e. The molecule has 0 fully saturated rings. The lowest BCUT2D eigenvalue weighted by Crippen LogP contribution is -2.01. The molecule has 0 bridgehead atoms. The van der Waals surface area contributed by atoms with E-state index in [4.69, 9.17) is 5.11 Å². The summed E-state index contributed by atoms with van der Waals surface area (Å²) in [6.07, 6.45) is 5.24. The van der Waals surface area contributed by atoms with Crippen LogP contribution in [-0.2, 0) is 11.2 Å². The number of hydrogen-bond acceptors (Lipinski definition) is 3. The number of rotatable bonds is 4. The molecule has 2 aromatic rings. The summed E-state index contributed by atoms with van der Waals surface area (Å²) >= 11 is 0. The van der Waals surface area contributed by atoms with Crippen molar-refractivity contribution in [3.8, 4) is 0 Å². The van der Waals surface area contributed by atoms with Gasteiger partial charge < -0.3 is 10.1 Å². The van der Waals surface area contributed by atoms with E-state index in [9.17, 15) is 4.79 Å². The predicted octanol–water partition coefficient (Wildman–Crippen LogP) is 2.74. The van der Waals surface area contributed by atoms with E-state index >= 15 is 0 Å². The Morgan fingerprint density at radius 3 is 2.79 bits per heavy atom. The number of carboxylic acid groups (broad SMARTS) is 1. The van der Waals surface area contributed by atoms with Crippen LogP contribution in [0.25, 0.3) is 17.1 Å². The van der Waals surface area contributed by atoms with Crippen LogP contribution in [-0.4, -0.2) is 26.0 Å². The van der Waals surface area contributed by atoms with Crippen molar-refractivity contribution in [2.45, 2.75) is 33.1 Å². The number of aryl methyl sites for hydroxylation is 1. The molecule has 0 radical (unpaired) electrons. The van der Waals surface area contributed by atoms with Gasteiger partial charge in [0.05, 0.1) is 5.69 Å². The average Bonchev–Trinajstić information content (AvgIpc) is 2.77. The summed E-state index contributed by atoms with van der Waals surface area (Å²) in [6.45, 7) is 6.15. The number of aliphatic carboxylic acids is 1. The number of aromatic amines is 1. The largest absolute Gasteiger partial charge is 0.478 e. The molecular formula is C14H17N3O2. The first kappa shape index (κ1) is 13.3. The summed E-state index contributed by atoms with van der Waals surface area (Å²) in [5.74, 6) is 0.0851. The minimum atomic E-state index is -0.966. The maximum Gasteiger partial charge on any atom is 0.328 e. The molecule has 0 unspecified atom stereocenters. The van der Waals surface area contributed by atoms with E-state index in [2.05, 4.69) is 28.8 Å². The molecular weight excluding hydrogens is 242 g/mol. The minimum absolute atomic E-state index is 0.253. The molecule has 2 heterocycles. The normalized spacial score (nSPS) is 11.8. The number of H-pyrrole nitrogens is 1. The molecule has 2 N–H and O–H groups in total. The lowest BCUT2D eigenvalue weighted by molar-refractivity contribution is -0.131. The van der Waals surface area contributed by atoms with Crippen LogP contribution in [0.3, 0.4) is 0 Å². The number of hydrogen-bond donors (Lipinski definition) is 2. The highest BCUT2D eigenvalue weighted by Crippen LogP contribution is 2.26. The molecule has 0 aromatic carbocycles. The lowest BCUT2D eigenvalue weighted by Gasteiger charge is -2.08. The Bertz CT molecular complexity index is 641. The van der Waals surface area contributed by atoms with Crippen molar-refractivity contribution < 1.29 is 9.90 Å². The lowest BCUT2D eigenvalue weighted by atomic mass is 10.0. The van der Waals surface area contributed by atoms with Crippen molar-refractivity contribution in [1.82, 2.24) is 15.0 Å². The van der Waals surface area contributed by atoms with E-state index < -0.39 is 5.97 Å². The zero-order valence-electron chi connectivity index (χ0n) is 11.3. The van der Waals surface area contributed by atoms with Crippen molar-refractivity contribution >= 4 is 23.1 Å². The maximum atomic E-state index is 10.6. The van der Waals surface area contributed by atoms with E-state index in [1.165, 1.54) is 0 Å². The summed E-state index contributed by atoms with van der Waals surface area (Å²) in [5.41, 5.74) is 2.53. The number of carboxylic acids is 1. The van der Waals surface area contributed by atoms with Gasteiger partial charge in [-0.15, -0.1) is 0 Å². The summed E-state index contributed by atoms with van der Waals surface area (Å²) in [6, 6.07) is 0. The van der Waals surface area contributed by atoms with Gasteiger partial charge in [-0.25, -0.2) is 14.8 Å². The van der Waals surface area contributed by atoms with Gasteiger partial charge in [0.25, 0.3) is 0 Å². The van der Waals surface area contributed by atoms with Crippen LogP contribution in [0.15, 0.2) is 12.3 Å². The first-order valence-corrected chi connectivity index (χ1v) is 6.31. The fraction of sp³-hybridized carbons (Fsp3) is 0.357. The van der Waals surface area contributed by atoms with E-state index in [0.717, 1.165) is 40.6 Å². The number of carbonyl (C=O) groups is 1. The molecule has 0 aliphatic rings. The molecule has 19 heavy (non-hydrogen) atoms. The van der Waals surface area contributed by atoms with E-state index in [0.29, 0.717) is 0 Å². The molecule has 0 saturated carbocycles. The molecule has 0 aliphatic heterocycles. The Morgan fingerprint density at radius 2 is 2.21 bits per heavy atom. The van der Waals surface area contributed by atoms with Crippen LogP contribution in [0.2, 0.25) is 0 Å². The van der Waals surface area contributed by atoms with Crippen molar-refractivity contribution in [3.63, 3.8) is 0 Å². The zero-order valence-corrected chi connectivity index (χ0v) is 11.3. The molecule has 0 amide bonds.